The zero-order valence-electron chi connectivity index (χ0n) is 28.8. The van der Waals surface area contributed by atoms with Crippen LogP contribution in [0.4, 0.5) is 0 Å². The van der Waals surface area contributed by atoms with Crippen molar-refractivity contribution in [1.82, 2.24) is 19.5 Å². The van der Waals surface area contributed by atoms with Crippen molar-refractivity contribution in [2.24, 2.45) is 7.05 Å². The molecule has 0 spiro atoms. The van der Waals surface area contributed by atoms with Gasteiger partial charge in [-0.3, -0.25) is 4.98 Å². The molecule has 0 aliphatic heterocycles. The molecule has 0 atom stereocenters. The maximum atomic E-state index is 6.32. The standard InChI is InChI=1S/C27H22N4O.C14H16NSi.Ir/c1-16-12-23-27(30(4)15-16)31(19-13-17(2)28-18(3)14-19)26(29-23)22-10-7-9-21-20-8-5-6-11-24(20)32-25(21)22;1-16(2,3)13-9-10-14(15-11-13)12-7-5-4-6-8-12;/h5-9,11-15H,1-4H3;4-7,9-11H,1-3H3;/q;-1;. The molecule has 49 heavy (non-hydrogen) atoms. The van der Waals surface area contributed by atoms with E-state index in [0.717, 1.165) is 78.4 Å². The predicted octanol–water partition coefficient (Wildman–Crippen LogP) is 8.63. The first-order chi connectivity index (χ1) is 23.1. The minimum Gasteiger partial charge on any atom is -0.500 e. The SMILES string of the molecule is C[Si](C)(C)c1ccc(-c2[c-]cccc2)nc1.Cc1cc2nc(-c3[c-]ccc4c3oc3ccccc34)n(-c3cc(C)nc(C)c3)c2[n+](C)c1.[Ir]. The number of fused-ring (bicyclic) bond motifs is 4. The van der Waals surface area contributed by atoms with Crippen molar-refractivity contribution in [3.05, 3.63) is 132 Å². The first-order valence-corrected chi connectivity index (χ1v) is 19.7. The monoisotopic (exact) mass is 837 g/mol. The van der Waals surface area contributed by atoms with Gasteiger partial charge in [0, 0.05) is 55.2 Å². The minimum atomic E-state index is -1.23. The van der Waals surface area contributed by atoms with Crippen molar-refractivity contribution in [2.45, 2.75) is 40.4 Å². The van der Waals surface area contributed by atoms with Gasteiger partial charge in [-0.15, -0.1) is 54.1 Å². The summed E-state index contributed by atoms with van der Waals surface area (Å²) in [7, 11) is 0.829. The van der Waals surface area contributed by atoms with Crippen molar-refractivity contribution in [3.8, 4) is 28.3 Å². The molecule has 1 radical (unpaired) electrons. The molecule has 8 aromatic rings. The van der Waals surface area contributed by atoms with Gasteiger partial charge in [0.15, 0.2) is 5.82 Å². The number of rotatable bonds is 4. The van der Waals surface area contributed by atoms with E-state index in [2.05, 4.69) is 114 Å². The number of benzene rings is 3. The van der Waals surface area contributed by atoms with Gasteiger partial charge in [0.1, 0.15) is 16.8 Å². The van der Waals surface area contributed by atoms with Crippen LogP contribution in [0.25, 0.3) is 61.4 Å². The Morgan fingerprint density at radius 1 is 0.796 bits per heavy atom. The van der Waals surface area contributed by atoms with Gasteiger partial charge in [0.05, 0.1) is 26.9 Å². The maximum absolute atomic E-state index is 6.32. The number of furan rings is 1. The van der Waals surface area contributed by atoms with Gasteiger partial charge in [-0.05, 0) is 54.9 Å². The largest absolute Gasteiger partial charge is 0.500 e. The van der Waals surface area contributed by atoms with E-state index in [-0.39, 0.29) is 20.1 Å². The van der Waals surface area contributed by atoms with Crippen LogP contribution in [0.15, 0.2) is 108 Å². The van der Waals surface area contributed by atoms with E-state index >= 15 is 0 Å². The molecule has 0 N–H and O–H groups in total. The van der Waals surface area contributed by atoms with E-state index in [1.54, 1.807) is 0 Å². The van der Waals surface area contributed by atoms with Crippen LogP contribution in [0, 0.1) is 32.9 Å². The summed E-state index contributed by atoms with van der Waals surface area (Å²) < 4.78 is 10.6. The van der Waals surface area contributed by atoms with E-state index in [1.165, 1.54) is 5.19 Å². The number of pyridine rings is 3. The average Bonchev–Trinajstić information content (AvgIpc) is 3.64. The molecular formula is C41H38IrN5OSi-. The van der Waals surface area contributed by atoms with Gasteiger partial charge in [0.2, 0.25) is 0 Å². The fraction of sp³-hybridized carbons (Fsp3) is 0.171. The Morgan fingerprint density at radius 3 is 2.24 bits per heavy atom. The summed E-state index contributed by atoms with van der Waals surface area (Å²) in [5.74, 6) is 0.802. The van der Waals surface area contributed by atoms with Gasteiger partial charge in [0.25, 0.3) is 0 Å². The van der Waals surface area contributed by atoms with Crippen molar-refractivity contribution in [3.63, 3.8) is 0 Å². The van der Waals surface area contributed by atoms with Crippen LogP contribution in [0.1, 0.15) is 17.0 Å². The number of hydrogen-bond acceptors (Lipinski definition) is 4. The summed E-state index contributed by atoms with van der Waals surface area (Å²) in [5, 5.41) is 3.56. The molecule has 0 aliphatic carbocycles. The predicted molar refractivity (Wildman–Crippen MR) is 197 cm³/mol. The Kier molecular flexibility index (Phi) is 9.49. The molecule has 5 heterocycles. The maximum Gasteiger partial charge on any atom is 0.304 e. The number of hydrogen-bond donors (Lipinski definition) is 0. The second-order valence-corrected chi connectivity index (χ2v) is 18.4. The molecule has 8 heteroatoms. The molecular weight excluding hydrogens is 799 g/mol. The van der Waals surface area contributed by atoms with Crippen molar-refractivity contribution < 1.29 is 29.1 Å². The summed E-state index contributed by atoms with van der Waals surface area (Å²) in [6, 6.07) is 37.3. The summed E-state index contributed by atoms with van der Waals surface area (Å²) in [5.41, 5.74) is 10.6. The second-order valence-electron chi connectivity index (χ2n) is 13.4. The Balaban J connectivity index is 0.000000208. The van der Waals surface area contributed by atoms with Crippen LogP contribution < -0.4 is 9.75 Å². The summed E-state index contributed by atoms with van der Waals surface area (Å²) in [6.45, 7) is 13.1. The minimum absolute atomic E-state index is 0. The van der Waals surface area contributed by atoms with E-state index in [1.807, 2.05) is 68.6 Å². The van der Waals surface area contributed by atoms with Gasteiger partial charge in [-0.1, -0.05) is 55.4 Å². The Hall–Kier alpha value is -4.75. The third kappa shape index (κ3) is 6.77. The first kappa shape index (κ1) is 34.1. The molecule has 0 bridgehead atoms. The molecule has 8 rings (SSSR count). The van der Waals surface area contributed by atoms with Gasteiger partial charge < -0.3 is 9.40 Å². The Labute approximate surface area is 301 Å². The fourth-order valence-electron chi connectivity index (χ4n) is 6.24. The zero-order valence-corrected chi connectivity index (χ0v) is 32.2. The fourth-order valence-corrected chi connectivity index (χ4v) is 7.28. The molecule has 5 aromatic heterocycles. The van der Waals surface area contributed by atoms with Crippen LogP contribution in [-0.2, 0) is 27.2 Å². The van der Waals surface area contributed by atoms with Gasteiger partial charge in [-0.25, -0.2) is 14.1 Å². The van der Waals surface area contributed by atoms with Crippen molar-refractivity contribution in [1.29, 1.82) is 0 Å². The molecule has 0 amide bonds. The molecule has 0 fully saturated rings. The van der Waals surface area contributed by atoms with E-state index in [4.69, 9.17) is 9.40 Å². The Morgan fingerprint density at radius 2 is 1.55 bits per heavy atom. The van der Waals surface area contributed by atoms with E-state index < -0.39 is 8.07 Å². The van der Waals surface area contributed by atoms with Gasteiger partial charge in [-0.2, -0.15) is 0 Å². The number of aromatic nitrogens is 5. The van der Waals surface area contributed by atoms with Crippen LogP contribution in [0.3, 0.4) is 0 Å². The molecule has 0 saturated heterocycles. The van der Waals surface area contributed by atoms with Crippen molar-refractivity contribution in [2.75, 3.05) is 0 Å². The molecule has 6 nitrogen and oxygen atoms in total. The summed E-state index contributed by atoms with van der Waals surface area (Å²) in [4.78, 5) is 14.2. The third-order valence-corrected chi connectivity index (χ3v) is 10.5. The number of imidazole rings is 1. The Bertz CT molecular complexity index is 2410. The quantitative estimate of drug-likeness (QED) is 0.101. The zero-order chi connectivity index (χ0) is 33.6. The topological polar surface area (TPSA) is 60.6 Å². The smallest absolute Gasteiger partial charge is 0.304 e. The summed E-state index contributed by atoms with van der Waals surface area (Å²) in [6.07, 6.45) is 4.14. The molecule has 247 valence electrons. The normalized spacial score (nSPS) is 11.4. The van der Waals surface area contributed by atoms with Crippen LogP contribution in [0.5, 0.6) is 0 Å². The van der Waals surface area contributed by atoms with Gasteiger partial charge >= 0.3 is 5.65 Å². The second kappa shape index (κ2) is 13.6. The van der Waals surface area contributed by atoms with E-state index in [9.17, 15) is 0 Å². The number of aryl methyl sites for hydroxylation is 4. The third-order valence-electron chi connectivity index (χ3n) is 8.48. The summed E-state index contributed by atoms with van der Waals surface area (Å²) >= 11 is 0. The van der Waals surface area contributed by atoms with Crippen LogP contribution >= 0.6 is 0 Å². The van der Waals surface area contributed by atoms with Crippen LogP contribution in [-0.4, -0.2) is 27.6 Å². The molecule has 3 aromatic carbocycles. The van der Waals surface area contributed by atoms with Crippen molar-refractivity contribution >= 4 is 46.4 Å². The number of para-hydroxylation sites is 1. The molecule has 0 saturated carbocycles. The molecule has 0 aliphatic rings. The first-order valence-electron chi connectivity index (χ1n) is 16.2. The average molecular weight is 837 g/mol. The number of nitrogens with zero attached hydrogens (tertiary/aromatic N) is 5. The van der Waals surface area contributed by atoms with E-state index in [0.29, 0.717) is 0 Å². The molecule has 0 unspecified atom stereocenters. The van der Waals surface area contributed by atoms with Crippen LogP contribution in [0.2, 0.25) is 19.6 Å².